The Hall–Kier alpha value is -2.93. The first-order chi connectivity index (χ1) is 12.1. The number of aromatic nitrogens is 1. The van der Waals surface area contributed by atoms with Gasteiger partial charge in [-0.05, 0) is 25.1 Å². The van der Waals surface area contributed by atoms with Crippen LogP contribution in [0.1, 0.15) is 16.8 Å². The van der Waals surface area contributed by atoms with Crippen molar-refractivity contribution >= 4 is 22.7 Å². The molecular weight excluding hydrogens is 320 g/mol. The monoisotopic (exact) mass is 340 g/mol. The zero-order valence-electron chi connectivity index (χ0n) is 13.7. The molecule has 0 saturated carbocycles. The number of nitrogens with one attached hydrogen (secondary N) is 4. The number of hydrogen-bond donors (Lipinski definition) is 4. The zero-order chi connectivity index (χ0) is 17.6. The number of carbonyl (C=O) groups is 2. The Labute approximate surface area is 144 Å². The molecule has 2 aromatic rings. The highest BCUT2D eigenvalue weighted by Gasteiger charge is 2.14. The van der Waals surface area contributed by atoms with Crippen LogP contribution in [-0.4, -0.2) is 43.0 Å². The van der Waals surface area contributed by atoms with E-state index in [2.05, 4.69) is 27.0 Å². The van der Waals surface area contributed by atoms with Gasteiger partial charge in [-0.3, -0.25) is 14.4 Å². The highest BCUT2D eigenvalue weighted by atomic mass is 16.2. The van der Waals surface area contributed by atoms with Crippen molar-refractivity contribution in [2.75, 3.05) is 26.2 Å². The molecule has 3 rings (SSSR count). The minimum Gasteiger partial charge on any atom is -0.360 e. The van der Waals surface area contributed by atoms with Gasteiger partial charge in [0, 0.05) is 30.2 Å². The summed E-state index contributed by atoms with van der Waals surface area (Å²) in [6, 6.07) is 6.97. The predicted octanol–water partition coefficient (Wildman–Crippen LogP) is 0.294. The third-order valence-electron chi connectivity index (χ3n) is 4.11. The molecule has 130 valence electrons. The van der Waals surface area contributed by atoms with Gasteiger partial charge in [0.15, 0.2) is 0 Å². The number of rotatable bonds is 5. The third-order valence-corrected chi connectivity index (χ3v) is 4.11. The molecule has 1 aliphatic heterocycles. The molecule has 1 aromatic heterocycles. The van der Waals surface area contributed by atoms with Crippen molar-refractivity contribution in [3.8, 4) is 0 Å². The summed E-state index contributed by atoms with van der Waals surface area (Å²) in [7, 11) is 0. The number of benzene rings is 1. The zero-order valence-corrected chi connectivity index (χ0v) is 13.7. The molecule has 7 heteroatoms. The van der Waals surface area contributed by atoms with Crippen LogP contribution in [0.25, 0.3) is 10.9 Å². The van der Waals surface area contributed by atoms with Crippen molar-refractivity contribution in [2.45, 2.75) is 6.42 Å². The smallest absolute Gasteiger partial charge is 0.257 e. The maximum atomic E-state index is 12.4. The highest BCUT2D eigenvalue weighted by Crippen LogP contribution is 2.06. The van der Waals surface area contributed by atoms with Crippen LogP contribution in [0.5, 0.6) is 0 Å². The topological polar surface area (TPSA) is 103 Å². The Morgan fingerprint density at radius 3 is 2.80 bits per heavy atom. The van der Waals surface area contributed by atoms with Gasteiger partial charge in [0.25, 0.3) is 5.91 Å². The van der Waals surface area contributed by atoms with E-state index in [-0.39, 0.29) is 23.4 Å². The van der Waals surface area contributed by atoms with Gasteiger partial charge < -0.3 is 20.9 Å². The molecule has 0 aliphatic carbocycles. The Balaban J connectivity index is 1.57. The van der Waals surface area contributed by atoms with Crippen molar-refractivity contribution in [3.05, 3.63) is 57.9 Å². The minimum absolute atomic E-state index is 0.00689. The molecule has 7 nitrogen and oxygen atoms in total. The standard InChI is InChI=1S/C18H20N4O3/c23-16(21-9-12-5-7-19-8-6-12)11-22-18(25)14-10-20-15-4-2-1-3-13(15)17(14)24/h1-5,10,19H,6-9,11H2,(H,20,24)(H,21,23)(H,22,25). The number of hydrogen-bond acceptors (Lipinski definition) is 4. The van der Waals surface area contributed by atoms with Crippen LogP contribution >= 0.6 is 0 Å². The Bertz CT molecular complexity index is 885. The summed E-state index contributed by atoms with van der Waals surface area (Å²) in [5.41, 5.74) is 1.47. The van der Waals surface area contributed by atoms with Gasteiger partial charge >= 0.3 is 0 Å². The summed E-state index contributed by atoms with van der Waals surface area (Å²) in [5.74, 6) is -0.853. The largest absolute Gasteiger partial charge is 0.360 e. The molecule has 2 heterocycles. The van der Waals surface area contributed by atoms with E-state index < -0.39 is 5.91 Å². The first kappa shape index (κ1) is 16.9. The molecule has 0 saturated heterocycles. The van der Waals surface area contributed by atoms with E-state index in [0.29, 0.717) is 17.4 Å². The molecule has 25 heavy (non-hydrogen) atoms. The molecular formula is C18H20N4O3. The summed E-state index contributed by atoms with van der Waals surface area (Å²) >= 11 is 0. The van der Waals surface area contributed by atoms with Gasteiger partial charge in [0.1, 0.15) is 5.56 Å². The van der Waals surface area contributed by atoms with E-state index >= 15 is 0 Å². The lowest BCUT2D eigenvalue weighted by Gasteiger charge is -2.14. The van der Waals surface area contributed by atoms with Crippen LogP contribution in [0.2, 0.25) is 0 Å². The van der Waals surface area contributed by atoms with E-state index in [1.165, 1.54) is 11.8 Å². The molecule has 0 unspecified atom stereocenters. The lowest BCUT2D eigenvalue weighted by atomic mass is 10.1. The van der Waals surface area contributed by atoms with Crippen molar-refractivity contribution in [1.82, 2.24) is 20.9 Å². The normalized spacial score (nSPS) is 14.0. The molecule has 0 bridgehead atoms. The molecule has 1 aliphatic rings. The van der Waals surface area contributed by atoms with E-state index in [9.17, 15) is 14.4 Å². The van der Waals surface area contributed by atoms with Crippen molar-refractivity contribution in [1.29, 1.82) is 0 Å². The van der Waals surface area contributed by atoms with Crippen molar-refractivity contribution in [2.24, 2.45) is 0 Å². The average molecular weight is 340 g/mol. The molecule has 0 radical (unpaired) electrons. The minimum atomic E-state index is -0.566. The molecule has 1 aromatic carbocycles. The quantitative estimate of drug-likeness (QED) is 0.588. The second-order valence-electron chi connectivity index (χ2n) is 5.85. The maximum Gasteiger partial charge on any atom is 0.257 e. The summed E-state index contributed by atoms with van der Waals surface area (Å²) in [4.78, 5) is 39.3. The Morgan fingerprint density at radius 1 is 1.16 bits per heavy atom. The number of fused-ring (bicyclic) bond motifs is 1. The SMILES string of the molecule is O=C(CNC(=O)c1c[nH]c2ccccc2c1=O)NCC1=CCNCC1. The third kappa shape index (κ3) is 4.13. The molecule has 0 fully saturated rings. The van der Waals surface area contributed by atoms with Crippen molar-refractivity contribution < 1.29 is 9.59 Å². The number of amides is 2. The fourth-order valence-corrected chi connectivity index (χ4v) is 2.70. The van der Waals surface area contributed by atoms with Crippen LogP contribution in [0.3, 0.4) is 0 Å². The molecule has 2 amide bonds. The Kier molecular flexibility index (Phi) is 5.25. The summed E-state index contributed by atoms with van der Waals surface area (Å²) in [6.07, 6.45) is 4.33. The van der Waals surface area contributed by atoms with Crippen molar-refractivity contribution in [3.63, 3.8) is 0 Å². The second-order valence-corrected chi connectivity index (χ2v) is 5.85. The molecule has 4 N–H and O–H groups in total. The van der Waals surface area contributed by atoms with E-state index in [1.54, 1.807) is 24.3 Å². The van der Waals surface area contributed by atoms with Crippen LogP contribution in [0.4, 0.5) is 0 Å². The van der Waals surface area contributed by atoms with Crippen LogP contribution in [0.15, 0.2) is 46.9 Å². The number of H-pyrrole nitrogens is 1. The number of pyridine rings is 1. The first-order valence-electron chi connectivity index (χ1n) is 8.19. The van der Waals surface area contributed by atoms with Gasteiger partial charge in [0.05, 0.1) is 6.54 Å². The van der Waals surface area contributed by atoms with Crippen LogP contribution < -0.4 is 21.4 Å². The highest BCUT2D eigenvalue weighted by molar-refractivity contribution is 5.98. The number of para-hydroxylation sites is 1. The molecule has 0 atom stereocenters. The summed E-state index contributed by atoms with van der Waals surface area (Å²) in [6.45, 7) is 2.03. The van der Waals surface area contributed by atoms with E-state index in [1.807, 2.05) is 0 Å². The first-order valence-corrected chi connectivity index (χ1v) is 8.19. The number of aromatic amines is 1. The van der Waals surface area contributed by atoms with E-state index in [0.717, 1.165) is 19.5 Å². The lowest BCUT2D eigenvalue weighted by molar-refractivity contribution is -0.119. The average Bonchev–Trinajstić information content (AvgIpc) is 2.66. The van der Waals surface area contributed by atoms with Gasteiger partial charge in [-0.1, -0.05) is 23.8 Å². The van der Waals surface area contributed by atoms with E-state index in [4.69, 9.17) is 0 Å². The van der Waals surface area contributed by atoms with Crippen LogP contribution in [0, 0.1) is 0 Å². The fourth-order valence-electron chi connectivity index (χ4n) is 2.70. The Morgan fingerprint density at radius 2 is 2.00 bits per heavy atom. The number of carbonyl (C=O) groups excluding carboxylic acids is 2. The lowest BCUT2D eigenvalue weighted by Crippen LogP contribution is -2.39. The predicted molar refractivity (Wildman–Crippen MR) is 95.5 cm³/mol. The van der Waals surface area contributed by atoms with Gasteiger partial charge in [-0.15, -0.1) is 0 Å². The van der Waals surface area contributed by atoms with Gasteiger partial charge in [-0.25, -0.2) is 0 Å². The fraction of sp³-hybridized carbons (Fsp3) is 0.278. The summed E-state index contributed by atoms with van der Waals surface area (Å²) in [5, 5.41) is 8.90. The summed E-state index contributed by atoms with van der Waals surface area (Å²) < 4.78 is 0. The van der Waals surface area contributed by atoms with Gasteiger partial charge in [-0.2, -0.15) is 0 Å². The molecule has 0 spiro atoms. The second kappa shape index (κ2) is 7.76. The maximum absolute atomic E-state index is 12.4. The van der Waals surface area contributed by atoms with Crippen LogP contribution in [-0.2, 0) is 4.79 Å². The van der Waals surface area contributed by atoms with Gasteiger partial charge in [0.2, 0.25) is 11.3 Å².